The maximum atomic E-state index is 11.0. The molecule has 1 atom stereocenters. The van der Waals surface area contributed by atoms with Crippen molar-refractivity contribution in [1.29, 1.82) is 0 Å². The van der Waals surface area contributed by atoms with E-state index in [1.165, 1.54) is 0 Å². The predicted octanol–water partition coefficient (Wildman–Crippen LogP) is 3.67. The van der Waals surface area contributed by atoms with Crippen LogP contribution in [-0.4, -0.2) is 6.29 Å². The second-order valence-electron chi connectivity index (χ2n) is 4.50. The minimum atomic E-state index is -0.142. The summed E-state index contributed by atoms with van der Waals surface area (Å²) >= 11 is 6.04. The third-order valence-electron chi connectivity index (χ3n) is 2.31. The third kappa shape index (κ3) is 2.36. The molecule has 1 rings (SSSR count). The topological polar surface area (TPSA) is 17.1 Å². The van der Waals surface area contributed by atoms with Crippen molar-refractivity contribution in [2.45, 2.75) is 26.7 Å². The zero-order chi connectivity index (χ0) is 10.8. The van der Waals surface area contributed by atoms with Crippen LogP contribution in [0.1, 0.15) is 32.3 Å². The number of aldehydes is 1. The fourth-order valence-electron chi connectivity index (χ4n) is 1.47. The van der Waals surface area contributed by atoms with Crippen molar-refractivity contribution < 1.29 is 4.79 Å². The molecule has 0 bridgehead atoms. The molecule has 0 aliphatic carbocycles. The molecule has 0 N–H and O–H groups in total. The maximum absolute atomic E-state index is 11.0. The summed E-state index contributed by atoms with van der Waals surface area (Å²) in [5, 5.41) is 0.666. The Hall–Kier alpha value is -0.820. The van der Waals surface area contributed by atoms with Crippen LogP contribution in [0, 0.1) is 5.41 Å². The molecule has 1 nitrogen and oxygen atoms in total. The first-order valence-corrected chi connectivity index (χ1v) is 5.04. The summed E-state index contributed by atoms with van der Waals surface area (Å²) in [5.74, 6) is -0.142. The summed E-state index contributed by atoms with van der Waals surface area (Å²) in [4.78, 5) is 11.0. The number of hydrogen-bond donors (Lipinski definition) is 0. The first-order valence-electron chi connectivity index (χ1n) is 4.66. The Bertz CT molecular complexity index is 325. The molecule has 0 aliphatic heterocycles. The number of halogens is 1. The quantitative estimate of drug-likeness (QED) is 0.681. The molecule has 1 unspecified atom stereocenters. The maximum Gasteiger partial charge on any atom is 0.128 e. The number of benzene rings is 1. The van der Waals surface area contributed by atoms with Crippen LogP contribution in [0.5, 0.6) is 0 Å². The van der Waals surface area contributed by atoms with Gasteiger partial charge in [0.2, 0.25) is 0 Å². The van der Waals surface area contributed by atoms with Crippen molar-refractivity contribution in [2.75, 3.05) is 0 Å². The van der Waals surface area contributed by atoms with Gasteiger partial charge in [0.1, 0.15) is 6.29 Å². The standard InChI is InChI=1S/C12H15ClO/c1-12(2,3)10(8-14)9-6-4-5-7-11(9)13/h4-8,10H,1-3H3. The summed E-state index contributed by atoms with van der Waals surface area (Å²) in [6.07, 6.45) is 0.973. The molecule has 2 heteroatoms. The molecule has 0 saturated heterocycles. The van der Waals surface area contributed by atoms with Crippen LogP contribution in [0.15, 0.2) is 24.3 Å². The lowest BCUT2D eigenvalue weighted by Crippen LogP contribution is -2.19. The van der Waals surface area contributed by atoms with E-state index in [4.69, 9.17) is 11.6 Å². The van der Waals surface area contributed by atoms with E-state index in [1.54, 1.807) is 0 Å². The Morgan fingerprint density at radius 2 is 1.86 bits per heavy atom. The largest absolute Gasteiger partial charge is 0.303 e. The van der Waals surface area contributed by atoms with Gasteiger partial charge in [0.05, 0.1) is 0 Å². The molecule has 0 aromatic heterocycles. The molecular weight excluding hydrogens is 196 g/mol. The van der Waals surface area contributed by atoms with E-state index in [0.29, 0.717) is 5.02 Å². The van der Waals surface area contributed by atoms with Crippen LogP contribution < -0.4 is 0 Å². The monoisotopic (exact) mass is 210 g/mol. The van der Waals surface area contributed by atoms with Gasteiger partial charge in [-0.15, -0.1) is 0 Å². The van der Waals surface area contributed by atoms with Crippen molar-refractivity contribution in [2.24, 2.45) is 5.41 Å². The van der Waals surface area contributed by atoms with E-state index in [2.05, 4.69) is 0 Å². The Balaban J connectivity index is 3.14. The van der Waals surface area contributed by atoms with E-state index in [9.17, 15) is 4.79 Å². The number of hydrogen-bond acceptors (Lipinski definition) is 1. The van der Waals surface area contributed by atoms with Gasteiger partial charge in [0.15, 0.2) is 0 Å². The molecule has 0 radical (unpaired) electrons. The molecule has 76 valence electrons. The highest BCUT2D eigenvalue weighted by atomic mass is 35.5. The summed E-state index contributed by atoms with van der Waals surface area (Å²) in [5.41, 5.74) is 0.823. The molecule has 1 aromatic carbocycles. The van der Waals surface area contributed by atoms with Crippen LogP contribution >= 0.6 is 11.6 Å². The van der Waals surface area contributed by atoms with Crippen molar-refractivity contribution in [3.63, 3.8) is 0 Å². The Morgan fingerprint density at radius 3 is 2.29 bits per heavy atom. The van der Waals surface area contributed by atoms with Gasteiger partial charge in [0, 0.05) is 10.9 Å². The lowest BCUT2D eigenvalue weighted by molar-refractivity contribution is -0.111. The number of rotatable bonds is 2. The van der Waals surface area contributed by atoms with Crippen molar-refractivity contribution in [3.05, 3.63) is 34.9 Å². The summed E-state index contributed by atoms with van der Waals surface area (Å²) < 4.78 is 0. The molecule has 0 amide bonds. The van der Waals surface area contributed by atoms with Gasteiger partial charge >= 0.3 is 0 Å². The van der Waals surface area contributed by atoms with E-state index in [-0.39, 0.29) is 11.3 Å². The number of carbonyl (C=O) groups is 1. The van der Waals surface area contributed by atoms with Gasteiger partial charge in [-0.1, -0.05) is 50.6 Å². The van der Waals surface area contributed by atoms with Crippen molar-refractivity contribution >= 4 is 17.9 Å². The Kier molecular flexibility index (Phi) is 3.33. The summed E-state index contributed by atoms with van der Waals surface area (Å²) in [6, 6.07) is 7.51. The molecule has 1 aromatic rings. The lowest BCUT2D eigenvalue weighted by atomic mass is 9.77. The predicted molar refractivity (Wildman–Crippen MR) is 59.7 cm³/mol. The van der Waals surface area contributed by atoms with Crippen molar-refractivity contribution in [3.8, 4) is 0 Å². The molecular formula is C12H15ClO. The van der Waals surface area contributed by atoms with Gasteiger partial charge < -0.3 is 4.79 Å². The molecule has 0 spiro atoms. The highest BCUT2D eigenvalue weighted by Crippen LogP contribution is 2.36. The minimum absolute atomic E-state index is 0.0905. The van der Waals surface area contributed by atoms with Gasteiger partial charge in [-0.05, 0) is 17.0 Å². The second kappa shape index (κ2) is 4.14. The summed E-state index contributed by atoms with van der Waals surface area (Å²) in [6.45, 7) is 6.11. The molecule has 0 fully saturated rings. The van der Waals surface area contributed by atoms with Crippen LogP contribution in [0.3, 0.4) is 0 Å². The molecule has 0 saturated carbocycles. The lowest BCUT2D eigenvalue weighted by Gasteiger charge is -2.26. The van der Waals surface area contributed by atoms with Crippen molar-refractivity contribution in [1.82, 2.24) is 0 Å². The van der Waals surface area contributed by atoms with Gasteiger partial charge in [-0.2, -0.15) is 0 Å². The smallest absolute Gasteiger partial charge is 0.128 e. The van der Waals surface area contributed by atoms with E-state index in [0.717, 1.165) is 11.8 Å². The van der Waals surface area contributed by atoms with E-state index >= 15 is 0 Å². The number of carbonyl (C=O) groups excluding carboxylic acids is 1. The van der Waals surface area contributed by atoms with Crippen LogP contribution in [0.25, 0.3) is 0 Å². The minimum Gasteiger partial charge on any atom is -0.303 e. The zero-order valence-corrected chi connectivity index (χ0v) is 9.51. The van der Waals surface area contributed by atoms with Crippen LogP contribution in [0.4, 0.5) is 0 Å². The second-order valence-corrected chi connectivity index (χ2v) is 4.91. The molecule has 0 aliphatic rings. The highest BCUT2D eigenvalue weighted by molar-refractivity contribution is 6.31. The average Bonchev–Trinajstić information content (AvgIpc) is 2.07. The van der Waals surface area contributed by atoms with E-state index < -0.39 is 0 Å². The van der Waals surface area contributed by atoms with Gasteiger partial charge in [-0.3, -0.25) is 0 Å². The normalized spacial score (nSPS) is 13.7. The fourth-order valence-corrected chi connectivity index (χ4v) is 1.72. The van der Waals surface area contributed by atoms with Crippen LogP contribution in [-0.2, 0) is 4.79 Å². The zero-order valence-electron chi connectivity index (χ0n) is 8.75. The Labute approximate surface area is 90.1 Å². The first-order chi connectivity index (χ1) is 6.46. The van der Waals surface area contributed by atoms with Gasteiger partial charge in [-0.25, -0.2) is 0 Å². The summed E-state index contributed by atoms with van der Waals surface area (Å²) in [7, 11) is 0. The molecule has 14 heavy (non-hydrogen) atoms. The third-order valence-corrected chi connectivity index (χ3v) is 2.65. The highest BCUT2D eigenvalue weighted by Gasteiger charge is 2.27. The van der Waals surface area contributed by atoms with Crippen LogP contribution in [0.2, 0.25) is 5.02 Å². The van der Waals surface area contributed by atoms with Gasteiger partial charge in [0.25, 0.3) is 0 Å². The molecule has 0 heterocycles. The van der Waals surface area contributed by atoms with E-state index in [1.807, 2.05) is 45.0 Å². The average molecular weight is 211 g/mol. The SMILES string of the molecule is CC(C)(C)C(C=O)c1ccccc1Cl. The fraction of sp³-hybridized carbons (Fsp3) is 0.417. The Morgan fingerprint density at radius 1 is 1.29 bits per heavy atom. The first kappa shape index (κ1) is 11.3.